The summed E-state index contributed by atoms with van der Waals surface area (Å²) >= 11 is 0. The Hall–Kier alpha value is -3.65. The van der Waals surface area contributed by atoms with Gasteiger partial charge in [0.2, 0.25) is 9.84 Å². The van der Waals surface area contributed by atoms with Crippen molar-refractivity contribution in [3.63, 3.8) is 0 Å². The lowest BCUT2D eigenvalue weighted by molar-refractivity contribution is -0.117. The van der Waals surface area contributed by atoms with Gasteiger partial charge in [0.25, 0.3) is 5.91 Å². The summed E-state index contributed by atoms with van der Waals surface area (Å²) in [5, 5.41) is 10.7. The van der Waals surface area contributed by atoms with Crippen molar-refractivity contribution in [2.24, 2.45) is 0 Å². The lowest BCUT2D eigenvalue weighted by atomic mass is 10.1. The fourth-order valence-corrected chi connectivity index (χ4v) is 5.19. The second-order valence-electron chi connectivity index (χ2n) is 6.86. The number of ether oxygens (including phenoxy) is 1. The molecule has 0 radical (unpaired) electrons. The van der Waals surface area contributed by atoms with Crippen LogP contribution in [-0.4, -0.2) is 26.5 Å². The van der Waals surface area contributed by atoms with Gasteiger partial charge in [0, 0.05) is 5.69 Å². The van der Waals surface area contributed by atoms with E-state index in [4.69, 9.17) is 4.74 Å². The lowest BCUT2D eigenvalue weighted by Crippen LogP contribution is -2.31. The van der Waals surface area contributed by atoms with E-state index < -0.39 is 38.3 Å². The number of sulfone groups is 1. The molecule has 1 atom stereocenters. The molecule has 1 N–H and O–H groups in total. The van der Waals surface area contributed by atoms with Crippen LogP contribution in [0.2, 0.25) is 0 Å². The second-order valence-corrected chi connectivity index (χ2v) is 8.77. The molecular formula is C23H18FNO5S. The first-order valence-corrected chi connectivity index (χ1v) is 10.8. The van der Waals surface area contributed by atoms with Gasteiger partial charge in [-0.1, -0.05) is 30.3 Å². The van der Waals surface area contributed by atoms with Crippen LogP contribution in [-0.2, 0) is 14.6 Å². The zero-order valence-corrected chi connectivity index (χ0v) is 17.2. The van der Waals surface area contributed by atoms with E-state index in [0.29, 0.717) is 17.0 Å². The number of anilines is 1. The van der Waals surface area contributed by atoms with Crippen molar-refractivity contribution < 1.29 is 27.4 Å². The van der Waals surface area contributed by atoms with Crippen LogP contribution in [0.1, 0.15) is 11.6 Å². The molecule has 0 spiro atoms. The first-order chi connectivity index (χ1) is 14.8. The van der Waals surface area contributed by atoms with Crippen molar-refractivity contribution in [1.29, 1.82) is 0 Å². The molecule has 4 rings (SSSR count). The summed E-state index contributed by atoms with van der Waals surface area (Å²) in [7, 11) is -2.74. The Kier molecular flexibility index (Phi) is 5.24. The van der Waals surface area contributed by atoms with Crippen molar-refractivity contribution in [2.75, 3.05) is 12.0 Å². The summed E-state index contributed by atoms with van der Waals surface area (Å²) < 4.78 is 45.5. The highest BCUT2D eigenvalue weighted by Gasteiger charge is 2.47. The molecule has 0 saturated carbocycles. The van der Waals surface area contributed by atoms with Crippen LogP contribution >= 0.6 is 0 Å². The molecule has 8 heteroatoms. The number of rotatable bonds is 5. The maximum absolute atomic E-state index is 13.6. The Bertz CT molecular complexity index is 1250. The first-order valence-electron chi connectivity index (χ1n) is 9.31. The molecule has 3 aromatic rings. The number of hydrogen-bond donors (Lipinski definition) is 1. The normalized spacial score (nSPS) is 16.6. The van der Waals surface area contributed by atoms with E-state index in [2.05, 4.69) is 0 Å². The van der Waals surface area contributed by atoms with Crippen LogP contribution in [0.4, 0.5) is 10.1 Å². The Morgan fingerprint density at radius 3 is 2.13 bits per heavy atom. The fraction of sp³-hybridized carbons (Fsp3) is 0.0870. The standard InChI is InChI=1S/C23H18FNO5S/c1-30-18-13-11-17(12-14-18)25-20(15-7-9-16(24)10-8-15)22(21(26)23(25)27)31(28,29)19-5-3-2-4-6-19/h2-14,20,26H,1H3/t20-/m1/s1. The molecule has 1 aliphatic heterocycles. The van der Waals surface area contributed by atoms with Crippen molar-refractivity contribution >= 4 is 21.4 Å². The number of aliphatic hydroxyl groups is 1. The quantitative estimate of drug-likeness (QED) is 0.645. The third-order valence-electron chi connectivity index (χ3n) is 5.04. The van der Waals surface area contributed by atoms with E-state index in [0.717, 1.165) is 0 Å². The average Bonchev–Trinajstić information content (AvgIpc) is 3.06. The zero-order valence-electron chi connectivity index (χ0n) is 16.4. The van der Waals surface area contributed by atoms with Gasteiger partial charge in [0.1, 0.15) is 22.5 Å². The maximum Gasteiger partial charge on any atom is 0.295 e. The Morgan fingerprint density at radius 2 is 1.55 bits per heavy atom. The third-order valence-corrected chi connectivity index (χ3v) is 6.93. The van der Waals surface area contributed by atoms with Gasteiger partial charge in [-0.3, -0.25) is 9.69 Å². The van der Waals surface area contributed by atoms with E-state index in [9.17, 15) is 22.7 Å². The number of hydrogen-bond acceptors (Lipinski definition) is 5. The summed E-state index contributed by atoms with van der Waals surface area (Å²) in [4.78, 5) is 13.7. The molecule has 0 aromatic heterocycles. The van der Waals surface area contributed by atoms with E-state index >= 15 is 0 Å². The number of carbonyl (C=O) groups excluding carboxylic acids is 1. The molecule has 1 heterocycles. The van der Waals surface area contributed by atoms with Crippen LogP contribution in [0.15, 0.2) is 94.4 Å². The van der Waals surface area contributed by atoms with E-state index in [1.165, 1.54) is 48.4 Å². The molecule has 0 aliphatic carbocycles. The predicted molar refractivity (Wildman–Crippen MR) is 113 cm³/mol. The van der Waals surface area contributed by atoms with Gasteiger partial charge in [-0.2, -0.15) is 0 Å². The van der Waals surface area contributed by atoms with Gasteiger partial charge in [0.05, 0.1) is 12.0 Å². The van der Waals surface area contributed by atoms with Crippen molar-refractivity contribution in [2.45, 2.75) is 10.9 Å². The monoisotopic (exact) mass is 439 g/mol. The van der Waals surface area contributed by atoms with Gasteiger partial charge in [-0.15, -0.1) is 0 Å². The van der Waals surface area contributed by atoms with Crippen LogP contribution in [0.25, 0.3) is 0 Å². The molecule has 3 aromatic carbocycles. The van der Waals surface area contributed by atoms with Crippen molar-refractivity contribution in [1.82, 2.24) is 0 Å². The van der Waals surface area contributed by atoms with Crippen molar-refractivity contribution in [3.8, 4) is 5.75 Å². The SMILES string of the molecule is COc1ccc(N2C(=O)C(O)=C(S(=O)(=O)c3ccccc3)[C@H]2c2ccc(F)cc2)cc1. The topological polar surface area (TPSA) is 83.9 Å². The molecule has 0 unspecified atom stereocenters. The van der Waals surface area contributed by atoms with Gasteiger partial charge in [-0.25, -0.2) is 12.8 Å². The Balaban J connectivity index is 1.92. The fourth-order valence-electron chi connectivity index (χ4n) is 3.54. The smallest absolute Gasteiger partial charge is 0.295 e. The predicted octanol–water partition coefficient (Wildman–Crippen LogP) is 4.17. The highest BCUT2D eigenvalue weighted by molar-refractivity contribution is 7.95. The molecule has 31 heavy (non-hydrogen) atoms. The number of nitrogens with zero attached hydrogens (tertiary/aromatic N) is 1. The van der Waals surface area contributed by atoms with Crippen LogP contribution in [0.3, 0.4) is 0 Å². The number of methoxy groups -OCH3 is 1. The minimum atomic E-state index is -4.23. The highest BCUT2D eigenvalue weighted by atomic mass is 32.2. The molecule has 1 amide bonds. The van der Waals surface area contributed by atoms with Crippen LogP contribution in [0, 0.1) is 5.82 Å². The summed E-state index contributed by atoms with van der Waals surface area (Å²) in [6, 6.07) is 17.9. The molecular weight excluding hydrogens is 421 g/mol. The van der Waals surface area contributed by atoms with Gasteiger partial charge in [0.15, 0.2) is 5.76 Å². The number of benzene rings is 3. The van der Waals surface area contributed by atoms with E-state index in [1.807, 2.05) is 0 Å². The Labute approximate surface area is 178 Å². The number of aliphatic hydroxyl groups excluding tert-OH is 1. The number of amides is 1. The molecule has 0 bridgehead atoms. The molecule has 158 valence electrons. The Morgan fingerprint density at radius 1 is 0.935 bits per heavy atom. The second kappa shape index (κ2) is 7.88. The summed E-state index contributed by atoms with van der Waals surface area (Å²) in [6.07, 6.45) is 0. The van der Waals surface area contributed by atoms with Crippen LogP contribution in [0.5, 0.6) is 5.75 Å². The largest absolute Gasteiger partial charge is 0.502 e. The van der Waals surface area contributed by atoms with E-state index in [1.54, 1.807) is 42.5 Å². The first kappa shape index (κ1) is 20.6. The maximum atomic E-state index is 13.6. The average molecular weight is 439 g/mol. The van der Waals surface area contributed by atoms with Crippen LogP contribution < -0.4 is 9.64 Å². The minimum Gasteiger partial charge on any atom is -0.502 e. The van der Waals surface area contributed by atoms with Gasteiger partial charge < -0.3 is 9.84 Å². The number of halogens is 1. The molecule has 0 fully saturated rings. The van der Waals surface area contributed by atoms with E-state index in [-0.39, 0.29) is 4.90 Å². The van der Waals surface area contributed by atoms with Gasteiger partial charge in [-0.05, 0) is 54.1 Å². The lowest BCUT2D eigenvalue weighted by Gasteiger charge is -2.27. The number of carbonyl (C=O) groups is 1. The third kappa shape index (κ3) is 3.55. The van der Waals surface area contributed by atoms with Crippen molar-refractivity contribution in [3.05, 3.63) is 101 Å². The summed E-state index contributed by atoms with van der Waals surface area (Å²) in [5.74, 6) is -1.70. The molecule has 6 nitrogen and oxygen atoms in total. The zero-order chi connectivity index (χ0) is 22.2. The highest BCUT2D eigenvalue weighted by Crippen LogP contribution is 2.44. The molecule has 1 aliphatic rings. The summed E-state index contributed by atoms with van der Waals surface area (Å²) in [6.45, 7) is 0. The summed E-state index contributed by atoms with van der Waals surface area (Å²) in [5.41, 5.74) is 0.689. The van der Waals surface area contributed by atoms with Gasteiger partial charge >= 0.3 is 0 Å². The minimum absolute atomic E-state index is 0.0620. The molecule has 0 saturated heterocycles.